The van der Waals surface area contributed by atoms with Crippen molar-refractivity contribution >= 4 is 10.9 Å². The minimum atomic E-state index is -4.57. The zero-order valence-corrected chi connectivity index (χ0v) is 12.8. The van der Waals surface area contributed by atoms with E-state index in [1.54, 1.807) is 0 Å². The number of rotatable bonds is 2. The Morgan fingerprint density at radius 3 is 2.78 bits per heavy atom. The maximum atomic E-state index is 13.2. The lowest BCUT2D eigenvalue weighted by Gasteiger charge is -2.32. The van der Waals surface area contributed by atoms with Crippen LogP contribution in [0.2, 0.25) is 0 Å². The van der Waals surface area contributed by atoms with Crippen molar-refractivity contribution in [3.63, 3.8) is 0 Å². The molecule has 124 valence electrons. The lowest BCUT2D eigenvalue weighted by atomic mass is 10.0. The number of halogens is 3. The minimum Gasteiger partial charge on any atom is -0.302 e. The molecule has 1 atom stereocenters. The van der Waals surface area contributed by atoms with Crippen LogP contribution in [0, 0.1) is 0 Å². The van der Waals surface area contributed by atoms with E-state index in [9.17, 15) is 18.0 Å². The zero-order valence-electron chi connectivity index (χ0n) is 12.8. The quantitative estimate of drug-likeness (QED) is 0.852. The number of aromatic nitrogens is 2. The predicted octanol–water partition coefficient (Wildman–Crippen LogP) is 2.90. The summed E-state index contributed by atoms with van der Waals surface area (Å²) in [4.78, 5) is 18.8. The van der Waals surface area contributed by atoms with Gasteiger partial charge in [-0.15, -0.1) is 0 Å². The third-order valence-electron chi connectivity index (χ3n) is 4.49. The van der Waals surface area contributed by atoms with Gasteiger partial charge in [-0.25, -0.2) is 4.98 Å². The van der Waals surface area contributed by atoms with Crippen molar-refractivity contribution in [1.82, 2.24) is 14.5 Å². The van der Waals surface area contributed by atoms with Crippen molar-refractivity contribution in [3.8, 4) is 0 Å². The molecule has 0 saturated carbocycles. The second-order valence-corrected chi connectivity index (χ2v) is 6.03. The number of likely N-dealkylation sites (N-methyl/N-ethyl adjacent to an activating group) is 1. The van der Waals surface area contributed by atoms with Crippen LogP contribution in [0.15, 0.2) is 29.3 Å². The first-order chi connectivity index (χ1) is 10.9. The smallest absolute Gasteiger partial charge is 0.302 e. The maximum Gasteiger partial charge on any atom is 0.417 e. The van der Waals surface area contributed by atoms with Gasteiger partial charge in [0.2, 0.25) is 0 Å². The Hall–Kier alpha value is -1.89. The van der Waals surface area contributed by atoms with E-state index >= 15 is 0 Å². The van der Waals surface area contributed by atoms with E-state index in [0.29, 0.717) is 6.54 Å². The normalized spacial score (nSPS) is 20.1. The number of benzene rings is 1. The van der Waals surface area contributed by atoms with Gasteiger partial charge in [0.25, 0.3) is 5.56 Å². The lowest BCUT2D eigenvalue weighted by molar-refractivity contribution is -0.136. The van der Waals surface area contributed by atoms with Crippen LogP contribution in [0.5, 0.6) is 0 Å². The second-order valence-electron chi connectivity index (χ2n) is 6.03. The first kappa shape index (κ1) is 16.0. The molecule has 0 spiro atoms. The maximum absolute atomic E-state index is 13.2. The highest BCUT2D eigenvalue weighted by Crippen LogP contribution is 2.32. The fourth-order valence-electron chi connectivity index (χ4n) is 3.17. The van der Waals surface area contributed by atoms with Gasteiger partial charge in [-0.05, 0) is 38.6 Å². The fourth-order valence-corrected chi connectivity index (χ4v) is 3.17. The highest BCUT2D eigenvalue weighted by Gasteiger charge is 2.34. The topological polar surface area (TPSA) is 38.1 Å². The summed E-state index contributed by atoms with van der Waals surface area (Å²) < 4.78 is 40.8. The molecule has 23 heavy (non-hydrogen) atoms. The zero-order chi connectivity index (χ0) is 16.6. The molecule has 0 N–H and O–H groups in total. The van der Waals surface area contributed by atoms with Gasteiger partial charge in [-0.2, -0.15) is 13.2 Å². The molecular weight excluding hydrogens is 307 g/mol. The van der Waals surface area contributed by atoms with E-state index in [1.165, 1.54) is 23.0 Å². The summed E-state index contributed by atoms with van der Waals surface area (Å²) in [6.45, 7) is 1.30. The molecule has 1 unspecified atom stereocenters. The number of piperidine rings is 1. The van der Waals surface area contributed by atoms with Crippen LogP contribution in [0.25, 0.3) is 10.9 Å². The molecule has 3 rings (SSSR count). The van der Waals surface area contributed by atoms with E-state index in [-0.39, 0.29) is 16.9 Å². The molecule has 2 heterocycles. The molecule has 4 nitrogen and oxygen atoms in total. The molecule has 0 radical (unpaired) electrons. The van der Waals surface area contributed by atoms with Gasteiger partial charge in [0.15, 0.2) is 0 Å². The summed E-state index contributed by atoms with van der Waals surface area (Å²) in [6, 6.07) is 3.79. The number of fused-ring (bicyclic) bond motifs is 1. The van der Waals surface area contributed by atoms with E-state index < -0.39 is 17.3 Å². The van der Waals surface area contributed by atoms with Crippen LogP contribution in [0.4, 0.5) is 13.2 Å². The minimum absolute atomic E-state index is 0.0815. The number of nitrogens with zero attached hydrogens (tertiary/aromatic N) is 3. The Kier molecular flexibility index (Phi) is 4.14. The van der Waals surface area contributed by atoms with E-state index in [2.05, 4.69) is 9.88 Å². The Bertz CT molecular complexity index is 769. The summed E-state index contributed by atoms with van der Waals surface area (Å²) in [6.07, 6.45) is -0.106. The molecule has 1 aromatic heterocycles. The monoisotopic (exact) mass is 325 g/mol. The molecule has 7 heteroatoms. The van der Waals surface area contributed by atoms with Crippen molar-refractivity contribution < 1.29 is 13.2 Å². The molecule has 1 saturated heterocycles. The van der Waals surface area contributed by atoms with E-state index in [4.69, 9.17) is 0 Å². The van der Waals surface area contributed by atoms with Gasteiger partial charge in [0.05, 0.1) is 22.8 Å². The molecular formula is C16H18F3N3O. The average Bonchev–Trinajstić information content (AvgIpc) is 2.51. The molecule has 0 amide bonds. The van der Waals surface area contributed by atoms with Crippen molar-refractivity contribution in [3.05, 3.63) is 40.4 Å². The second kappa shape index (κ2) is 5.96. The molecule has 1 fully saturated rings. The Morgan fingerprint density at radius 2 is 2.09 bits per heavy atom. The molecule has 1 aliphatic heterocycles. The molecule has 0 bridgehead atoms. The molecule has 1 aromatic carbocycles. The highest BCUT2D eigenvalue weighted by atomic mass is 19.4. The fraction of sp³-hybridized carbons (Fsp3) is 0.500. The predicted molar refractivity (Wildman–Crippen MR) is 81.3 cm³/mol. The van der Waals surface area contributed by atoms with Crippen molar-refractivity contribution in [2.24, 2.45) is 0 Å². The van der Waals surface area contributed by atoms with Crippen LogP contribution in [-0.2, 0) is 12.7 Å². The standard InChI is InChI=1S/C16H18F3N3O/c1-21-8-3-2-5-11(21)9-22-10-20-13-7-4-6-12(16(17,18)19)14(13)15(22)23/h4,6-7,10-11H,2-3,5,8-9H2,1H3. The summed E-state index contributed by atoms with van der Waals surface area (Å²) >= 11 is 0. The van der Waals surface area contributed by atoms with Crippen LogP contribution >= 0.6 is 0 Å². The van der Waals surface area contributed by atoms with Gasteiger partial charge in [-0.1, -0.05) is 12.5 Å². The van der Waals surface area contributed by atoms with Crippen LogP contribution in [0.3, 0.4) is 0 Å². The third kappa shape index (κ3) is 3.10. The molecule has 0 aliphatic carbocycles. The van der Waals surface area contributed by atoms with E-state index in [0.717, 1.165) is 31.9 Å². The van der Waals surface area contributed by atoms with Crippen LogP contribution in [-0.4, -0.2) is 34.1 Å². The van der Waals surface area contributed by atoms with Gasteiger partial charge < -0.3 is 4.90 Å². The number of hydrogen-bond acceptors (Lipinski definition) is 3. The van der Waals surface area contributed by atoms with Crippen molar-refractivity contribution in [1.29, 1.82) is 0 Å². The Morgan fingerprint density at radius 1 is 1.30 bits per heavy atom. The number of alkyl halides is 3. The molecule has 2 aromatic rings. The van der Waals surface area contributed by atoms with Crippen LogP contribution in [0.1, 0.15) is 24.8 Å². The molecule has 1 aliphatic rings. The summed E-state index contributed by atoms with van der Waals surface area (Å²) in [5, 5.41) is -0.346. The Balaban J connectivity index is 2.06. The van der Waals surface area contributed by atoms with Crippen LogP contribution < -0.4 is 5.56 Å². The average molecular weight is 325 g/mol. The van der Waals surface area contributed by atoms with Crippen molar-refractivity contribution in [2.75, 3.05) is 13.6 Å². The van der Waals surface area contributed by atoms with E-state index in [1.807, 2.05) is 7.05 Å². The van der Waals surface area contributed by atoms with Gasteiger partial charge >= 0.3 is 6.18 Å². The number of likely N-dealkylation sites (tertiary alicyclic amines) is 1. The Labute approximate surface area is 131 Å². The first-order valence-corrected chi connectivity index (χ1v) is 7.63. The van der Waals surface area contributed by atoms with Gasteiger partial charge in [-0.3, -0.25) is 9.36 Å². The highest BCUT2D eigenvalue weighted by molar-refractivity contribution is 5.81. The summed E-state index contributed by atoms with van der Waals surface area (Å²) in [5.74, 6) is 0. The number of hydrogen-bond donors (Lipinski definition) is 0. The summed E-state index contributed by atoms with van der Waals surface area (Å²) in [7, 11) is 1.98. The lowest BCUT2D eigenvalue weighted by Crippen LogP contribution is -2.41. The third-order valence-corrected chi connectivity index (χ3v) is 4.49. The first-order valence-electron chi connectivity index (χ1n) is 7.63. The SMILES string of the molecule is CN1CCCCC1Cn1cnc2cccc(C(F)(F)F)c2c1=O. The summed E-state index contributed by atoms with van der Waals surface area (Å²) in [5.41, 5.74) is -1.46. The largest absolute Gasteiger partial charge is 0.417 e. The van der Waals surface area contributed by atoms with Gasteiger partial charge in [0, 0.05) is 12.6 Å². The van der Waals surface area contributed by atoms with Crippen molar-refractivity contribution in [2.45, 2.75) is 38.0 Å². The van der Waals surface area contributed by atoms with Gasteiger partial charge in [0.1, 0.15) is 0 Å².